The number of aliphatic hydroxyl groups excluding tert-OH is 1. The van der Waals surface area contributed by atoms with Crippen LogP contribution in [0.25, 0.3) is 11.0 Å². The Kier molecular flexibility index (Phi) is 4.22. The van der Waals surface area contributed by atoms with E-state index in [2.05, 4.69) is 5.32 Å². The SMILES string of the molecule is CC(NCc1cc2ccccc2o1)C(O)c1ccc(F)cc1. The molecule has 0 aliphatic heterocycles. The molecule has 1 aromatic heterocycles. The molecular formula is C18H18FNO2. The van der Waals surface area contributed by atoms with Gasteiger partial charge in [-0.1, -0.05) is 30.3 Å². The van der Waals surface area contributed by atoms with Crippen molar-refractivity contribution in [1.82, 2.24) is 5.32 Å². The summed E-state index contributed by atoms with van der Waals surface area (Å²) in [6, 6.07) is 15.5. The van der Waals surface area contributed by atoms with Crippen molar-refractivity contribution in [1.29, 1.82) is 0 Å². The minimum Gasteiger partial charge on any atom is -0.460 e. The second-order valence-electron chi connectivity index (χ2n) is 5.42. The largest absolute Gasteiger partial charge is 0.460 e. The molecule has 0 saturated heterocycles. The summed E-state index contributed by atoms with van der Waals surface area (Å²) in [5.74, 6) is 0.512. The quantitative estimate of drug-likeness (QED) is 0.753. The molecule has 0 bridgehead atoms. The average Bonchev–Trinajstić information content (AvgIpc) is 2.95. The highest BCUT2D eigenvalue weighted by atomic mass is 19.1. The molecule has 0 aliphatic carbocycles. The molecule has 2 N–H and O–H groups in total. The molecule has 2 atom stereocenters. The van der Waals surface area contributed by atoms with E-state index in [1.54, 1.807) is 12.1 Å². The van der Waals surface area contributed by atoms with Gasteiger partial charge in [-0.2, -0.15) is 0 Å². The molecule has 0 aliphatic rings. The first-order chi connectivity index (χ1) is 10.6. The summed E-state index contributed by atoms with van der Waals surface area (Å²) in [5.41, 5.74) is 1.54. The summed E-state index contributed by atoms with van der Waals surface area (Å²) in [5, 5.41) is 14.6. The molecule has 3 rings (SSSR count). The number of benzene rings is 2. The van der Waals surface area contributed by atoms with Crippen molar-refractivity contribution in [2.24, 2.45) is 0 Å². The van der Waals surface area contributed by atoms with Gasteiger partial charge in [0, 0.05) is 11.4 Å². The number of fused-ring (bicyclic) bond motifs is 1. The first-order valence-corrected chi connectivity index (χ1v) is 7.28. The van der Waals surface area contributed by atoms with Gasteiger partial charge in [0.25, 0.3) is 0 Å². The summed E-state index contributed by atoms with van der Waals surface area (Å²) >= 11 is 0. The lowest BCUT2D eigenvalue weighted by molar-refractivity contribution is 0.134. The fraction of sp³-hybridized carbons (Fsp3) is 0.222. The number of halogens is 1. The molecule has 3 aromatic rings. The number of nitrogens with one attached hydrogen (secondary N) is 1. The van der Waals surface area contributed by atoms with E-state index in [0.29, 0.717) is 12.1 Å². The van der Waals surface area contributed by atoms with Crippen LogP contribution in [-0.2, 0) is 6.54 Å². The maximum absolute atomic E-state index is 12.9. The van der Waals surface area contributed by atoms with E-state index in [-0.39, 0.29) is 11.9 Å². The number of para-hydroxylation sites is 1. The van der Waals surface area contributed by atoms with Gasteiger partial charge in [-0.05, 0) is 36.8 Å². The maximum Gasteiger partial charge on any atom is 0.134 e. The summed E-state index contributed by atoms with van der Waals surface area (Å²) < 4.78 is 18.6. The molecule has 4 heteroatoms. The Bertz CT molecular complexity index is 718. The van der Waals surface area contributed by atoms with Crippen molar-refractivity contribution in [2.45, 2.75) is 25.6 Å². The van der Waals surface area contributed by atoms with Crippen molar-refractivity contribution in [3.05, 3.63) is 71.7 Å². The van der Waals surface area contributed by atoms with Crippen molar-refractivity contribution in [3.8, 4) is 0 Å². The van der Waals surface area contributed by atoms with E-state index in [1.807, 2.05) is 37.3 Å². The third-order valence-electron chi connectivity index (χ3n) is 3.76. The van der Waals surface area contributed by atoms with Crippen LogP contribution in [0.1, 0.15) is 24.4 Å². The fourth-order valence-electron chi connectivity index (χ4n) is 2.45. The molecule has 0 saturated carbocycles. The molecule has 0 fully saturated rings. The smallest absolute Gasteiger partial charge is 0.134 e. The van der Waals surface area contributed by atoms with Gasteiger partial charge in [0.15, 0.2) is 0 Å². The topological polar surface area (TPSA) is 45.4 Å². The Balaban J connectivity index is 1.63. The van der Waals surface area contributed by atoms with Crippen LogP contribution in [0, 0.1) is 5.82 Å². The lowest BCUT2D eigenvalue weighted by atomic mass is 10.0. The van der Waals surface area contributed by atoms with E-state index >= 15 is 0 Å². The summed E-state index contributed by atoms with van der Waals surface area (Å²) in [6.45, 7) is 2.41. The molecule has 0 radical (unpaired) electrons. The Morgan fingerprint density at radius 1 is 1.14 bits per heavy atom. The average molecular weight is 299 g/mol. The minimum absolute atomic E-state index is 0.182. The van der Waals surface area contributed by atoms with Crippen molar-refractivity contribution in [2.75, 3.05) is 0 Å². The van der Waals surface area contributed by atoms with E-state index in [9.17, 15) is 9.50 Å². The zero-order valence-corrected chi connectivity index (χ0v) is 12.3. The molecule has 1 heterocycles. The fourth-order valence-corrected chi connectivity index (χ4v) is 2.45. The van der Waals surface area contributed by atoms with Gasteiger partial charge in [-0.25, -0.2) is 4.39 Å². The van der Waals surface area contributed by atoms with Gasteiger partial charge in [-0.3, -0.25) is 0 Å². The predicted octanol–water partition coefficient (Wildman–Crippen LogP) is 3.78. The van der Waals surface area contributed by atoms with Crippen LogP contribution in [0.15, 0.2) is 59.0 Å². The molecule has 0 spiro atoms. The number of hydrogen-bond donors (Lipinski definition) is 2. The van der Waals surface area contributed by atoms with Crippen LogP contribution < -0.4 is 5.32 Å². The lowest BCUT2D eigenvalue weighted by Gasteiger charge is -2.20. The van der Waals surface area contributed by atoms with Crippen molar-refractivity contribution in [3.63, 3.8) is 0 Å². The van der Waals surface area contributed by atoms with Gasteiger partial charge in [0.1, 0.15) is 17.2 Å². The van der Waals surface area contributed by atoms with Crippen molar-refractivity contribution < 1.29 is 13.9 Å². The highest BCUT2D eigenvalue weighted by Gasteiger charge is 2.16. The monoisotopic (exact) mass is 299 g/mol. The maximum atomic E-state index is 12.9. The van der Waals surface area contributed by atoms with E-state index in [4.69, 9.17) is 4.42 Å². The Hall–Kier alpha value is -2.17. The molecule has 0 amide bonds. The minimum atomic E-state index is -0.704. The van der Waals surface area contributed by atoms with E-state index in [1.165, 1.54) is 12.1 Å². The number of furan rings is 1. The lowest BCUT2D eigenvalue weighted by Crippen LogP contribution is -2.31. The summed E-state index contributed by atoms with van der Waals surface area (Å²) in [7, 11) is 0. The first kappa shape index (κ1) is 14.8. The van der Waals surface area contributed by atoms with Gasteiger partial charge < -0.3 is 14.8 Å². The molecule has 22 heavy (non-hydrogen) atoms. The zero-order chi connectivity index (χ0) is 15.5. The standard InChI is InChI=1S/C18H18FNO2/c1-12(18(21)13-6-8-15(19)9-7-13)20-11-16-10-14-4-2-3-5-17(14)22-16/h2-10,12,18,20-21H,11H2,1H3. The highest BCUT2D eigenvalue weighted by Crippen LogP contribution is 2.20. The molecule has 3 nitrogen and oxygen atoms in total. The van der Waals surface area contributed by atoms with Crippen LogP contribution in [0.2, 0.25) is 0 Å². The van der Waals surface area contributed by atoms with Gasteiger partial charge in [-0.15, -0.1) is 0 Å². The normalized spacial score (nSPS) is 14.1. The number of aliphatic hydroxyl groups is 1. The van der Waals surface area contributed by atoms with Crippen LogP contribution in [0.4, 0.5) is 4.39 Å². The predicted molar refractivity (Wildman–Crippen MR) is 83.9 cm³/mol. The molecule has 2 unspecified atom stereocenters. The molecule has 2 aromatic carbocycles. The second kappa shape index (κ2) is 6.30. The summed E-state index contributed by atoms with van der Waals surface area (Å²) in [4.78, 5) is 0. The van der Waals surface area contributed by atoms with Crippen molar-refractivity contribution >= 4 is 11.0 Å². The van der Waals surface area contributed by atoms with Gasteiger partial charge in [0.05, 0.1) is 12.6 Å². The Labute approximate surface area is 128 Å². The van der Waals surface area contributed by atoms with Crippen LogP contribution in [0.5, 0.6) is 0 Å². The highest BCUT2D eigenvalue weighted by molar-refractivity contribution is 5.77. The molecular weight excluding hydrogens is 281 g/mol. The van der Waals surface area contributed by atoms with Gasteiger partial charge >= 0.3 is 0 Å². The Morgan fingerprint density at radius 2 is 1.86 bits per heavy atom. The zero-order valence-electron chi connectivity index (χ0n) is 12.3. The van der Waals surface area contributed by atoms with Crippen LogP contribution >= 0.6 is 0 Å². The summed E-state index contributed by atoms with van der Waals surface area (Å²) in [6.07, 6.45) is -0.704. The van der Waals surface area contributed by atoms with E-state index in [0.717, 1.165) is 16.7 Å². The van der Waals surface area contributed by atoms with Gasteiger partial charge in [0.2, 0.25) is 0 Å². The second-order valence-corrected chi connectivity index (χ2v) is 5.42. The van der Waals surface area contributed by atoms with Crippen LogP contribution in [0.3, 0.4) is 0 Å². The van der Waals surface area contributed by atoms with E-state index < -0.39 is 6.10 Å². The number of rotatable bonds is 5. The molecule has 114 valence electrons. The Morgan fingerprint density at radius 3 is 2.59 bits per heavy atom. The van der Waals surface area contributed by atoms with Crippen LogP contribution in [-0.4, -0.2) is 11.1 Å². The number of hydrogen-bond acceptors (Lipinski definition) is 3. The third-order valence-corrected chi connectivity index (χ3v) is 3.76. The third kappa shape index (κ3) is 3.18. The first-order valence-electron chi connectivity index (χ1n) is 7.28.